The van der Waals surface area contributed by atoms with E-state index in [-0.39, 0.29) is 31.1 Å². The number of carbonyl (C=O) groups is 2. The Kier molecular flexibility index (Phi) is 5.23. The third-order valence-corrected chi connectivity index (χ3v) is 3.66. The van der Waals surface area contributed by atoms with Crippen molar-refractivity contribution in [1.29, 1.82) is 0 Å². The van der Waals surface area contributed by atoms with Crippen LogP contribution in [0.2, 0.25) is 0 Å². The molecular weight excluding hydrogens is 300 g/mol. The first-order valence-corrected chi connectivity index (χ1v) is 7.35. The highest BCUT2D eigenvalue weighted by molar-refractivity contribution is 5.95. The van der Waals surface area contributed by atoms with Crippen molar-refractivity contribution in [2.24, 2.45) is 0 Å². The lowest BCUT2D eigenvalue weighted by molar-refractivity contribution is -0.139. The summed E-state index contributed by atoms with van der Waals surface area (Å²) in [6.07, 6.45) is 0. The van der Waals surface area contributed by atoms with Gasteiger partial charge in [0.2, 0.25) is 0 Å². The highest BCUT2D eigenvalue weighted by atomic mass is 16.5. The van der Waals surface area contributed by atoms with Gasteiger partial charge in [0, 0.05) is 11.3 Å². The van der Waals surface area contributed by atoms with Crippen molar-refractivity contribution in [2.75, 3.05) is 19.8 Å². The van der Waals surface area contributed by atoms with Crippen LogP contribution in [0.15, 0.2) is 35.5 Å². The van der Waals surface area contributed by atoms with Crippen LogP contribution in [0, 0.1) is 0 Å². The molecule has 1 aromatic carbocycles. The Hall–Kier alpha value is -2.54. The van der Waals surface area contributed by atoms with Gasteiger partial charge < -0.3 is 20.3 Å². The van der Waals surface area contributed by atoms with Gasteiger partial charge in [0.25, 0.3) is 0 Å². The number of allylic oxidation sites excluding steroid dienone is 1. The average Bonchev–Trinajstić information content (AvgIpc) is 2.51. The van der Waals surface area contributed by atoms with Gasteiger partial charge in [-0.1, -0.05) is 18.2 Å². The molecule has 1 aromatic rings. The van der Waals surface area contributed by atoms with E-state index in [1.807, 2.05) is 0 Å². The molecular formula is C16H20N2O5. The van der Waals surface area contributed by atoms with Crippen LogP contribution in [0.1, 0.15) is 25.5 Å². The maximum atomic E-state index is 12.4. The van der Waals surface area contributed by atoms with Crippen molar-refractivity contribution in [2.45, 2.75) is 19.9 Å². The van der Waals surface area contributed by atoms with Crippen molar-refractivity contribution >= 4 is 12.0 Å². The maximum absolute atomic E-state index is 12.4. The highest BCUT2D eigenvalue weighted by Crippen LogP contribution is 2.35. The topological polar surface area (TPSA) is 99.1 Å². The summed E-state index contributed by atoms with van der Waals surface area (Å²) in [6.45, 7) is 3.33. The number of phenols is 1. The molecule has 0 saturated heterocycles. The van der Waals surface area contributed by atoms with E-state index in [1.54, 1.807) is 32.0 Å². The van der Waals surface area contributed by atoms with E-state index < -0.39 is 18.0 Å². The zero-order valence-corrected chi connectivity index (χ0v) is 13.1. The number of nitrogens with one attached hydrogen (secondary N) is 1. The second-order valence-electron chi connectivity index (χ2n) is 5.04. The first-order chi connectivity index (χ1) is 11.0. The summed E-state index contributed by atoms with van der Waals surface area (Å²) in [4.78, 5) is 25.9. The molecule has 0 unspecified atom stereocenters. The van der Waals surface area contributed by atoms with Crippen LogP contribution < -0.4 is 5.32 Å². The molecule has 2 amide bonds. The van der Waals surface area contributed by atoms with Gasteiger partial charge in [-0.3, -0.25) is 4.90 Å². The minimum Gasteiger partial charge on any atom is -0.508 e. The molecule has 0 saturated carbocycles. The van der Waals surface area contributed by atoms with Gasteiger partial charge in [0.1, 0.15) is 5.75 Å². The fraction of sp³-hybridized carbons (Fsp3) is 0.375. The summed E-state index contributed by atoms with van der Waals surface area (Å²) >= 11 is 0. The number of aromatic hydroxyl groups is 1. The Morgan fingerprint density at radius 3 is 2.70 bits per heavy atom. The molecule has 3 N–H and O–H groups in total. The monoisotopic (exact) mass is 320 g/mol. The number of ether oxygens (including phenoxy) is 1. The van der Waals surface area contributed by atoms with E-state index in [1.165, 1.54) is 11.0 Å². The molecule has 124 valence electrons. The number of β-amino-alcohol motifs (C(OH)–C–C–N with tert-alkyl or cyclic N) is 1. The average molecular weight is 320 g/mol. The maximum Gasteiger partial charge on any atom is 0.338 e. The summed E-state index contributed by atoms with van der Waals surface area (Å²) in [5, 5.41) is 21.8. The highest BCUT2D eigenvalue weighted by Gasteiger charge is 2.37. The number of aliphatic hydroxyl groups excluding tert-OH is 1. The van der Waals surface area contributed by atoms with Crippen LogP contribution in [-0.4, -0.2) is 46.9 Å². The zero-order chi connectivity index (χ0) is 17.0. The minimum atomic E-state index is -0.808. The Labute approximate surface area is 134 Å². The summed E-state index contributed by atoms with van der Waals surface area (Å²) in [7, 11) is 0. The lowest BCUT2D eigenvalue weighted by atomic mass is 9.94. The van der Waals surface area contributed by atoms with Gasteiger partial charge in [-0.25, -0.2) is 9.59 Å². The molecule has 0 aliphatic carbocycles. The number of rotatable bonds is 5. The van der Waals surface area contributed by atoms with E-state index in [9.17, 15) is 14.7 Å². The summed E-state index contributed by atoms with van der Waals surface area (Å²) < 4.78 is 5.09. The van der Waals surface area contributed by atoms with Crippen molar-refractivity contribution in [3.05, 3.63) is 41.1 Å². The third-order valence-electron chi connectivity index (χ3n) is 3.66. The summed E-state index contributed by atoms with van der Waals surface area (Å²) in [5.74, 6) is -0.593. The standard InChI is InChI=1S/C16H20N2O5/c1-3-23-15(21)13-10(2)18(8-9-19)16(22)17-14(13)11-6-4-5-7-12(11)20/h4-7,14,19-20H,3,8-9H2,1-2H3,(H,17,22)/t14-/m1/s1. The van der Waals surface area contributed by atoms with Crippen molar-refractivity contribution < 1.29 is 24.5 Å². The number of hydrogen-bond acceptors (Lipinski definition) is 5. The molecule has 0 fully saturated rings. The van der Waals surface area contributed by atoms with E-state index in [0.717, 1.165) is 0 Å². The third kappa shape index (κ3) is 3.29. The van der Waals surface area contributed by atoms with E-state index in [2.05, 4.69) is 5.32 Å². The number of nitrogens with zero attached hydrogens (tertiary/aromatic N) is 1. The second kappa shape index (κ2) is 7.15. The van der Waals surface area contributed by atoms with Crippen LogP contribution in [0.25, 0.3) is 0 Å². The molecule has 0 bridgehead atoms. The van der Waals surface area contributed by atoms with Crippen LogP contribution in [0.4, 0.5) is 4.79 Å². The molecule has 1 aliphatic rings. The molecule has 1 heterocycles. The normalized spacial score (nSPS) is 18.0. The fourth-order valence-corrected chi connectivity index (χ4v) is 2.59. The Balaban J connectivity index is 2.54. The van der Waals surface area contributed by atoms with Gasteiger partial charge in [-0.2, -0.15) is 0 Å². The number of urea groups is 1. The summed E-state index contributed by atoms with van der Waals surface area (Å²) in [6, 6.07) is 5.23. The van der Waals surface area contributed by atoms with Gasteiger partial charge in [0.05, 0.1) is 31.4 Å². The predicted octanol–water partition coefficient (Wildman–Crippen LogP) is 1.29. The smallest absolute Gasteiger partial charge is 0.338 e. The van der Waals surface area contributed by atoms with E-state index >= 15 is 0 Å². The Bertz CT molecular complexity index is 641. The van der Waals surface area contributed by atoms with Gasteiger partial charge in [-0.15, -0.1) is 0 Å². The van der Waals surface area contributed by atoms with Gasteiger partial charge >= 0.3 is 12.0 Å². The van der Waals surface area contributed by atoms with Crippen molar-refractivity contribution in [3.8, 4) is 5.75 Å². The SMILES string of the molecule is CCOC(=O)C1=C(C)N(CCO)C(=O)N[C@@H]1c1ccccc1O. The lowest BCUT2D eigenvalue weighted by Crippen LogP contribution is -2.48. The number of hydrogen-bond donors (Lipinski definition) is 3. The van der Waals surface area contributed by atoms with Crippen molar-refractivity contribution in [1.82, 2.24) is 10.2 Å². The number of esters is 1. The molecule has 1 atom stereocenters. The van der Waals surface area contributed by atoms with Crippen molar-refractivity contribution in [3.63, 3.8) is 0 Å². The number of phenolic OH excluding ortho intramolecular Hbond substituents is 1. The molecule has 7 heteroatoms. The molecule has 23 heavy (non-hydrogen) atoms. The molecule has 1 aliphatic heterocycles. The summed E-state index contributed by atoms with van der Waals surface area (Å²) in [5.41, 5.74) is 1.04. The van der Waals surface area contributed by atoms with Gasteiger partial charge in [-0.05, 0) is 19.9 Å². The zero-order valence-electron chi connectivity index (χ0n) is 13.1. The number of carbonyl (C=O) groups excluding carboxylic acids is 2. The molecule has 2 rings (SSSR count). The minimum absolute atomic E-state index is 0.0250. The van der Waals surface area contributed by atoms with E-state index in [4.69, 9.17) is 9.84 Å². The second-order valence-corrected chi connectivity index (χ2v) is 5.04. The van der Waals surface area contributed by atoms with Crippen LogP contribution in [0.5, 0.6) is 5.75 Å². The first-order valence-electron chi connectivity index (χ1n) is 7.35. The Morgan fingerprint density at radius 2 is 2.09 bits per heavy atom. The van der Waals surface area contributed by atoms with Gasteiger partial charge in [0.15, 0.2) is 0 Å². The largest absolute Gasteiger partial charge is 0.508 e. The number of para-hydroxylation sites is 1. The Morgan fingerprint density at radius 1 is 1.39 bits per heavy atom. The lowest BCUT2D eigenvalue weighted by Gasteiger charge is -2.35. The van der Waals surface area contributed by atoms with Crippen LogP contribution in [0.3, 0.4) is 0 Å². The number of benzene rings is 1. The van der Waals surface area contributed by atoms with E-state index in [0.29, 0.717) is 11.3 Å². The van der Waals surface area contributed by atoms with Crippen LogP contribution in [-0.2, 0) is 9.53 Å². The molecule has 7 nitrogen and oxygen atoms in total. The molecule has 0 aromatic heterocycles. The molecule has 0 radical (unpaired) electrons. The fourth-order valence-electron chi connectivity index (χ4n) is 2.59. The number of aliphatic hydroxyl groups is 1. The predicted molar refractivity (Wildman–Crippen MR) is 82.5 cm³/mol. The first kappa shape index (κ1) is 16.8. The molecule has 0 spiro atoms. The van der Waals surface area contributed by atoms with Crippen LogP contribution >= 0.6 is 0 Å². The number of amides is 2. The quantitative estimate of drug-likeness (QED) is 0.710.